The zero-order valence-electron chi connectivity index (χ0n) is 6.12. The molecule has 0 saturated heterocycles. The largest absolute Gasteiger partial charge is 0.311 e. The Hall–Kier alpha value is -0.990. The first-order valence-electron chi connectivity index (χ1n) is 3.69. The van der Waals surface area contributed by atoms with E-state index in [9.17, 15) is 0 Å². The topological polar surface area (TPSA) is 21.1 Å². The van der Waals surface area contributed by atoms with Crippen LogP contribution in [0.5, 0.6) is 0 Å². The van der Waals surface area contributed by atoms with E-state index in [0.29, 0.717) is 0 Å². The summed E-state index contributed by atoms with van der Waals surface area (Å²) in [7, 11) is 0. The van der Waals surface area contributed by atoms with Crippen molar-refractivity contribution in [3.63, 3.8) is 0 Å². The number of hydrogen-bond acceptors (Lipinski definition) is 2. The minimum Gasteiger partial charge on any atom is -0.311 e. The van der Waals surface area contributed by atoms with Gasteiger partial charge in [-0.3, -0.25) is 0 Å². The molecule has 0 bridgehead atoms. The third kappa shape index (κ3) is 0.632. The van der Waals surface area contributed by atoms with Crippen LogP contribution in [-0.2, 0) is 6.42 Å². The van der Waals surface area contributed by atoms with E-state index in [2.05, 4.69) is 21.6 Å². The monoisotopic (exact) mass is 137 g/mol. The Morgan fingerprint density at radius 2 is 2.60 bits per heavy atom. The quantitative estimate of drug-likeness (QED) is 0.558. The highest BCUT2D eigenvalue weighted by atomic mass is 15.6. The van der Waals surface area contributed by atoms with Gasteiger partial charge in [-0.25, -0.2) is 9.66 Å². The molecule has 10 heavy (non-hydrogen) atoms. The predicted octanol–water partition coefficient (Wildman–Crippen LogP) is 0.397. The Balaban J connectivity index is 2.34. The van der Waals surface area contributed by atoms with Crippen molar-refractivity contribution >= 4 is 0 Å². The number of likely N-dealkylation sites (N-methyl/N-ethyl adjacent to an activating group) is 1. The summed E-state index contributed by atoms with van der Waals surface area (Å²) in [6.07, 6.45) is 4.98. The third-order valence-corrected chi connectivity index (χ3v) is 1.96. The van der Waals surface area contributed by atoms with Gasteiger partial charge in [0.1, 0.15) is 5.82 Å². The van der Waals surface area contributed by atoms with Gasteiger partial charge in [0.05, 0.1) is 0 Å². The fourth-order valence-corrected chi connectivity index (χ4v) is 1.41. The van der Waals surface area contributed by atoms with Crippen LogP contribution in [0.3, 0.4) is 0 Å². The van der Waals surface area contributed by atoms with Crippen molar-refractivity contribution in [1.82, 2.24) is 9.66 Å². The number of hydrogen-bond donors (Lipinski definition) is 0. The highest BCUT2D eigenvalue weighted by Gasteiger charge is 2.15. The molecule has 0 N–H and O–H groups in total. The molecule has 0 aliphatic carbocycles. The molecule has 2 rings (SSSR count). The fourth-order valence-electron chi connectivity index (χ4n) is 1.41. The Bertz CT molecular complexity index is 229. The summed E-state index contributed by atoms with van der Waals surface area (Å²) in [5, 5.41) is 2.28. The normalized spacial score (nSPS) is 15.9. The van der Waals surface area contributed by atoms with Crippen molar-refractivity contribution in [2.24, 2.45) is 0 Å². The Labute approximate surface area is 60.3 Å². The average molecular weight is 137 g/mol. The van der Waals surface area contributed by atoms with E-state index in [0.717, 1.165) is 19.5 Å². The van der Waals surface area contributed by atoms with Crippen molar-refractivity contribution in [1.29, 1.82) is 0 Å². The number of imidazole rings is 1. The Morgan fingerprint density at radius 3 is 3.40 bits per heavy atom. The Kier molecular flexibility index (Phi) is 1.16. The van der Waals surface area contributed by atoms with Crippen LogP contribution in [0.1, 0.15) is 12.7 Å². The molecule has 0 saturated carbocycles. The minimum atomic E-state index is 1.07. The molecule has 1 aliphatic heterocycles. The van der Waals surface area contributed by atoms with E-state index in [1.54, 1.807) is 0 Å². The van der Waals surface area contributed by atoms with Gasteiger partial charge in [-0.05, 0) is 6.92 Å². The van der Waals surface area contributed by atoms with Gasteiger partial charge >= 0.3 is 0 Å². The molecule has 0 amide bonds. The van der Waals surface area contributed by atoms with E-state index in [1.165, 1.54) is 5.82 Å². The van der Waals surface area contributed by atoms with Crippen molar-refractivity contribution in [2.75, 3.05) is 18.1 Å². The van der Waals surface area contributed by atoms with E-state index < -0.39 is 0 Å². The van der Waals surface area contributed by atoms with E-state index >= 15 is 0 Å². The maximum absolute atomic E-state index is 4.22. The van der Waals surface area contributed by atoms with Gasteiger partial charge in [0, 0.05) is 31.9 Å². The smallest absolute Gasteiger partial charge is 0.129 e. The molecule has 0 atom stereocenters. The summed E-state index contributed by atoms with van der Waals surface area (Å²) in [4.78, 5) is 4.22. The summed E-state index contributed by atoms with van der Waals surface area (Å²) >= 11 is 0. The first-order chi connectivity index (χ1) is 4.92. The summed E-state index contributed by atoms with van der Waals surface area (Å²) < 4.78 is 2.14. The number of rotatable bonds is 1. The van der Waals surface area contributed by atoms with E-state index in [-0.39, 0.29) is 0 Å². The number of aromatic nitrogens is 2. The molecule has 54 valence electrons. The van der Waals surface area contributed by atoms with Crippen LogP contribution in [0.15, 0.2) is 12.4 Å². The van der Waals surface area contributed by atoms with Crippen molar-refractivity contribution < 1.29 is 0 Å². The molecule has 2 heterocycles. The average Bonchev–Trinajstić information content (AvgIpc) is 2.44. The maximum atomic E-state index is 4.22. The van der Waals surface area contributed by atoms with Crippen LogP contribution in [0.2, 0.25) is 0 Å². The standard InChI is InChI=1S/C7H11N3/c1-2-9-5-3-7-8-4-6-10(7)9/h4,6H,2-3,5H2,1H3. The van der Waals surface area contributed by atoms with Gasteiger partial charge in [0.15, 0.2) is 0 Å². The van der Waals surface area contributed by atoms with Crippen molar-refractivity contribution in [3.05, 3.63) is 18.2 Å². The summed E-state index contributed by atoms with van der Waals surface area (Å²) in [5.41, 5.74) is 0. The Morgan fingerprint density at radius 1 is 1.70 bits per heavy atom. The van der Waals surface area contributed by atoms with Crippen LogP contribution < -0.4 is 5.01 Å². The molecule has 1 aliphatic rings. The van der Waals surface area contributed by atoms with Crippen molar-refractivity contribution in [3.8, 4) is 0 Å². The minimum absolute atomic E-state index is 1.07. The lowest BCUT2D eigenvalue weighted by Gasteiger charge is -2.16. The molecule has 1 aromatic heterocycles. The predicted molar refractivity (Wildman–Crippen MR) is 39.6 cm³/mol. The molecule has 0 aromatic carbocycles. The summed E-state index contributed by atoms with van der Waals surface area (Å²) in [6.45, 7) is 4.36. The van der Waals surface area contributed by atoms with Gasteiger partial charge in [-0.15, -0.1) is 0 Å². The SMILES string of the molecule is CCN1CCc2nccn21. The van der Waals surface area contributed by atoms with Gasteiger partial charge < -0.3 is 5.01 Å². The van der Waals surface area contributed by atoms with Gasteiger partial charge in [0.25, 0.3) is 0 Å². The lowest BCUT2D eigenvalue weighted by molar-refractivity contribution is 0.668. The summed E-state index contributed by atoms with van der Waals surface area (Å²) in [5.74, 6) is 1.20. The molecule has 0 radical (unpaired) electrons. The molecule has 0 spiro atoms. The second-order valence-electron chi connectivity index (χ2n) is 2.48. The molecule has 3 heteroatoms. The fraction of sp³-hybridized carbons (Fsp3) is 0.571. The lowest BCUT2D eigenvalue weighted by atomic mass is 10.4. The summed E-state index contributed by atoms with van der Waals surface area (Å²) in [6, 6.07) is 0. The van der Waals surface area contributed by atoms with Gasteiger partial charge in [-0.1, -0.05) is 0 Å². The van der Waals surface area contributed by atoms with Gasteiger partial charge in [0.2, 0.25) is 0 Å². The van der Waals surface area contributed by atoms with E-state index in [4.69, 9.17) is 0 Å². The third-order valence-electron chi connectivity index (χ3n) is 1.96. The number of nitrogens with zero attached hydrogens (tertiary/aromatic N) is 3. The first kappa shape index (κ1) is 5.77. The van der Waals surface area contributed by atoms with Gasteiger partial charge in [-0.2, -0.15) is 0 Å². The molecule has 3 nitrogen and oxygen atoms in total. The van der Waals surface area contributed by atoms with Crippen LogP contribution in [0, 0.1) is 0 Å². The molecular formula is C7H11N3. The molecule has 0 unspecified atom stereocenters. The van der Waals surface area contributed by atoms with Crippen LogP contribution >= 0.6 is 0 Å². The van der Waals surface area contributed by atoms with Crippen molar-refractivity contribution in [2.45, 2.75) is 13.3 Å². The molecular weight excluding hydrogens is 126 g/mol. The van der Waals surface area contributed by atoms with Crippen LogP contribution in [0.4, 0.5) is 0 Å². The number of fused-ring (bicyclic) bond motifs is 1. The van der Waals surface area contributed by atoms with Crippen LogP contribution in [-0.4, -0.2) is 22.7 Å². The maximum Gasteiger partial charge on any atom is 0.129 e. The molecule has 1 aromatic rings. The zero-order valence-corrected chi connectivity index (χ0v) is 6.12. The second-order valence-corrected chi connectivity index (χ2v) is 2.48. The van der Waals surface area contributed by atoms with Crippen LogP contribution in [0.25, 0.3) is 0 Å². The first-order valence-corrected chi connectivity index (χ1v) is 3.69. The second kappa shape index (κ2) is 2.01. The highest BCUT2D eigenvalue weighted by molar-refractivity contribution is 5.07. The van der Waals surface area contributed by atoms with E-state index in [1.807, 2.05) is 12.4 Å². The highest BCUT2D eigenvalue weighted by Crippen LogP contribution is 2.07. The zero-order chi connectivity index (χ0) is 6.97. The lowest BCUT2D eigenvalue weighted by Crippen LogP contribution is -2.29. The molecule has 0 fully saturated rings.